The lowest BCUT2D eigenvalue weighted by molar-refractivity contribution is 0.0991. The predicted octanol–water partition coefficient (Wildman–Crippen LogP) is 3.57. The van der Waals surface area contributed by atoms with Crippen LogP contribution in [0.4, 0.5) is 0 Å². The van der Waals surface area contributed by atoms with E-state index in [0.717, 1.165) is 10.0 Å². The van der Waals surface area contributed by atoms with Crippen LogP contribution in [0.2, 0.25) is 0 Å². The monoisotopic (exact) mass is 260 g/mol. The van der Waals surface area contributed by atoms with Crippen molar-refractivity contribution < 1.29 is 4.79 Å². The Hall–Kier alpha value is -0.340. The second-order valence-corrected chi connectivity index (χ2v) is 4.47. The van der Waals surface area contributed by atoms with Crippen molar-refractivity contribution in [2.75, 3.05) is 0 Å². The molecule has 0 heterocycles. The lowest BCUT2D eigenvalue weighted by Gasteiger charge is -2.05. The second kappa shape index (κ2) is 4.25. The summed E-state index contributed by atoms with van der Waals surface area (Å²) >= 11 is 9.04. The fourth-order valence-electron chi connectivity index (χ4n) is 1.03. The molecule has 1 aromatic rings. The van der Waals surface area contributed by atoms with Gasteiger partial charge < -0.3 is 0 Å². The van der Waals surface area contributed by atoms with Crippen molar-refractivity contribution in [3.8, 4) is 0 Å². The Kier molecular flexibility index (Phi) is 3.51. The maximum absolute atomic E-state index is 11.5. The molecular weight excluding hydrogens is 251 g/mol. The van der Waals surface area contributed by atoms with Gasteiger partial charge in [-0.05, 0) is 31.5 Å². The molecule has 3 heteroatoms. The number of rotatable bonds is 2. The molecule has 1 aromatic carbocycles. The smallest absolute Gasteiger partial charge is 0.181 e. The molecule has 0 saturated carbocycles. The summed E-state index contributed by atoms with van der Waals surface area (Å²) in [6.07, 6.45) is 0. The maximum atomic E-state index is 11.5. The molecule has 0 aromatic heterocycles. The van der Waals surface area contributed by atoms with E-state index in [4.69, 9.17) is 11.6 Å². The molecule has 0 aliphatic carbocycles. The van der Waals surface area contributed by atoms with Crippen LogP contribution in [-0.4, -0.2) is 11.2 Å². The molecule has 70 valence electrons. The molecule has 1 unspecified atom stereocenters. The zero-order valence-corrected chi connectivity index (χ0v) is 9.82. The predicted molar refractivity (Wildman–Crippen MR) is 58.5 cm³/mol. The van der Waals surface area contributed by atoms with Crippen LogP contribution in [0.25, 0.3) is 0 Å². The number of carbonyl (C=O) groups is 1. The molecule has 1 nitrogen and oxygen atoms in total. The van der Waals surface area contributed by atoms with Crippen LogP contribution in [0.3, 0.4) is 0 Å². The largest absolute Gasteiger partial charge is 0.292 e. The SMILES string of the molecule is Cc1ccc(C(=O)C(C)Cl)c(Br)c1. The molecule has 0 spiro atoms. The van der Waals surface area contributed by atoms with Crippen molar-refractivity contribution in [1.82, 2.24) is 0 Å². The van der Waals surface area contributed by atoms with Gasteiger partial charge in [-0.2, -0.15) is 0 Å². The average Bonchev–Trinajstić information content (AvgIpc) is 2.03. The van der Waals surface area contributed by atoms with Crippen molar-refractivity contribution in [3.63, 3.8) is 0 Å². The summed E-state index contributed by atoms with van der Waals surface area (Å²) < 4.78 is 0.810. The van der Waals surface area contributed by atoms with Crippen LogP contribution < -0.4 is 0 Å². The van der Waals surface area contributed by atoms with Crippen LogP contribution in [0.1, 0.15) is 22.8 Å². The zero-order chi connectivity index (χ0) is 10.0. The topological polar surface area (TPSA) is 17.1 Å². The van der Waals surface area contributed by atoms with E-state index in [9.17, 15) is 4.79 Å². The number of ketones is 1. The van der Waals surface area contributed by atoms with E-state index in [-0.39, 0.29) is 5.78 Å². The third-order valence-corrected chi connectivity index (χ3v) is 2.61. The van der Waals surface area contributed by atoms with E-state index >= 15 is 0 Å². The average molecular weight is 262 g/mol. The van der Waals surface area contributed by atoms with E-state index in [2.05, 4.69) is 15.9 Å². The Morgan fingerprint density at radius 2 is 2.15 bits per heavy atom. The first-order chi connectivity index (χ1) is 6.02. The van der Waals surface area contributed by atoms with E-state index < -0.39 is 5.38 Å². The summed E-state index contributed by atoms with van der Waals surface area (Å²) in [4.78, 5) is 11.5. The molecule has 0 aliphatic heterocycles. The first-order valence-electron chi connectivity index (χ1n) is 3.97. The fourth-order valence-corrected chi connectivity index (χ4v) is 1.84. The van der Waals surface area contributed by atoms with E-state index in [1.165, 1.54) is 0 Å². The first-order valence-corrected chi connectivity index (χ1v) is 5.19. The highest BCUT2D eigenvalue weighted by Crippen LogP contribution is 2.20. The van der Waals surface area contributed by atoms with Gasteiger partial charge in [0, 0.05) is 10.0 Å². The highest BCUT2D eigenvalue weighted by molar-refractivity contribution is 9.10. The molecule has 0 amide bonds. The second-order valence-electron chi connectivity index (χ2n) is 2.96. The molecule has 0 bridgehead atoms. The third kappa shape index (κ3) is 2.55. The Morgan fingerprint density at radius 1 is 1.54 bits per heavy atom. The summed E-state index contributed by atoms with van der Waals surface area (Å²) in [5.74, 6) is -0.0476. The van der Waals surface area contributed by atoms with E-state index in [1.807, 2.05) is 19.1 Å². The Labute approximate surface area is 91.2 Å². The lowest BCUT2D eigenvalue weighted by atomic mass is 10.1. The summed E-state index contributed by atoms with van der Waals surface area (Å²) in [6, 6.07) is 5.60. The molecule has 1 atom stereocenters. The minimum absolute atomic E-state index is 0.0476. The summed E-state index contributed by atoms with van der Waals surface area (Å²) in [5.41, 5.74) is 1.76. The van der Waals surface area contributed by atoms with Gasteiger partial charge in [-0.1, -0.05) is 22.0 Å². The lowest BCUT2D eigenvalue weighted by Crippen LogP contribution is -2.11. The van der Waals surface area contributed by atoms with Gasteiger partial charge in [0.1, 0.15) is 0 Å². The van der Waals surface area contributed by atoms with Crippen LogP contribution in [-0.2, 0) is 0 Å². The molecule has 0 fully saturated rings. The molecule has 1 rings (SSSR count). The standard InChI is InChI=1S/C10H10BrClO/c1-6-3-4-8(9(11)5-6)10(13)7(2)12/h3-5,7H,1-2H3. The number of halogens is 2. The molecule has 0 radical (unpaired) electrons. The maximum Gasteiger partial charge on any atom is 0.181 e. The number of Topliss-reactive ketones (excluding diaryl/α,β-unsaturated/α-hetero) is 1. The van der Waals surface area contributed by atoms with E-state index in [0.29, 0.717) is 5.56 Å². The molecule has 0 aliphatic rings. The van der Waals surface area contributed by atoms with Crippen molar-refractivity contribution in [2.24, 2.45) is 0 Å². The molecule has 13 heavy (non-hydrogen) atoms. The fraction of sp³-hybridized carbons (Fsp3) is 0.300. The highest BCUT2D eigenvalue weighted by Gasteiger charge is 2.14. The van der Waals surface area contributed by atoms with Gasteiger partial charge in [0.2, 0.25) is 0 Å². The normalized spacial score (nSPS) is 12.6. The Balaban J connectivity index is 3.09. The van der Waals surface area contributed by atoms with Gasteiger partial charge in [0.05, 0.1) is 5.38 Å². The van der Waals surface area contributed by atoms with Crippen LogP contribution in [0, 0.1) is 6.92 Å². The highest BCUT2D eigenvalue weighted by atomic mass is 79.9. The van der Waals surface area contributed by atoms with Crippen molar-refractivity contribution in [3.05, 3.63) is 33.8 Å². The number of carbonyl (C=O) groups excluding carboxylic acids is 1. The van der Waals surface area contributed by atoms with Gasteiger partial charge in [-0.25, -0.2) is 0 Å². The molecule has 0 N–H and O–H groups in total. The van der Waals surface area contributed by atoms with Crippen LogP contribution >= 0.6 is 27.5 Å². The minimum atomic E-state index is -0.473. The summed E-state index contributed by atoms with van der Waals surface area (Å²) in [7, 11) is 0. The van der Waals surface area contributed by atoms with Gasteiger partial charge in [-0.3, -0.25) is 4.79 Å². The van der Waals surface area contributed by atoms with Gasteiger partial charge >= 0.3 is 0 Å². The van der Waals surface area contributed by atoms with Crippen molar-refractivity contribution in [1.29, 1.82) is 0 Å². The number of hydrogen-bond donors (Lipinski definition) is 0. The van der Waals surface area contributed by atoms with Crippen LogP contribution in [0.5, 0.6) is 0 Å². The van der Waals surface area contributed by atoms with Crippen molar-refractivity contribution in [2.45, 2.75) is 19.2 Å². The van der Waals surface area contributed by atoms with Gasteiger partial charge in [0.25, 0.3) is 0 Å². The van der Waals surface area contributed by atoms with Crippen LogP contribution in [0.15, 0.2) is 22.7 Å². The van der Waals surface area contributed by atoms with E-state index in [1.54, 1.807) is 13.0 Å². The molecular formula is C10H10BrClO. The molecule has 0 saturated heterocycles. The number of alkyl halides is 1. The summed E-state index contributed by atoms with van der Waals surface area (Å²) in [6.45, 7) is 3.65. The van der Waals surface area contributed by atoms with Gasteiger partial charge in [0.15, 0.2) is 5.78 Å². The Morgan fingerprint density at radius 3 is 2.62 bits per heavy atom. The Bertz CT molecular complexity index is 334. The quantitative estimate of drug-likeness (QED) is 0.587. The number of aryl methyl sites for hydroxylation is 1. The third-order valence-electron chi connectivity index (χ3n) is 1.75. The number of benzene rings is 1. The zero-order valence-electron chi connectivity index (χ0n) is 7.47. The first kappa shape index (κ1) is 10.7. The minimum Gasteiger partial charge on any atom is -0.292 e. The number of hydrogen-bond acceptors (Lipinski definition) is 1. The van der Waals surface area contributed by atoms with Crippen molar-refractivity contribution >= 4 is 33.3 Å². The summed E-state index contributed by atoms with van der Waals surface area (Å²) in [5, 5.41) is -0.473. The van der Waals surface area contributed by atoms with Gasteiger partial charge in [-0.15, -0.1) is 11.6 Å².